The van der Waals surface area contributed by atoms with Gasteiger partial charge in [-0.25, -0.2) is 10.2 Å². The van der Waals surface area contributed by atoms with Gasteiger partial charge >= 0.3 is 5.97 Å². The maximum atomic E-state index is 12.1. The minimum absolute atomic E-state index is 0.197. The fraction of sp³-hybridized carbons (Fsp3) is 0.167. The van der Waals surface area contributed by atoms with Crippen LogP contribution in [0.5, 0.6) is 11.5 Å². The Labute approximate surface area is 160 Å². The number of esters is 1. The molecule has 0 radical (unpaired) electrons. The van der Waals surface area contributed by atoms with Crippen LogP contribution in [0.1, 0.15) is 15.9 Å². The molecule has 0 spiro atoms. The Hall–Kier alpha value is -3.26. The molecule has 0 saturated carbocycles. The standard InChI is InChI=1S/C18H18ClN3O5/c1-25-15-8-11(7-13(19)17(15)27-10-16(23)26-2)9-21-22-18(24)12-5-3-4-6-14(12)20/h3-9H,10,20H2,1-2H3,(H,22,24)/b21-9-. The molecule has 0 bridgehead atoms. The summed E-state index contributed by atoms with van der Waals surface area (Å²) in [5.74, 6) is -0.503. The first kappa shape index (κ1) is 20.1. The maximum absolute atomic E-state index is 12.1. The number of carbonyl (C=O) groups is 2. The zero-order valence-electron chi connectivity index (χ0n) is 14.7. The van der Waals surface area contributed by atoms with Crippen molar-refractivity contribution in [2.75, 3.05) is 26.6 Å². The molecule has 27 heavy (non-hydrogen) atoms. The summed E-state index contributed by atoms with van der Waals surface area (Å²) in [5.41, 5.74) is 9.34. The number of benzene rings is 2. The number of anilines is 1. The number of nitrogen functional groups attached to an aromatic ring is 1. The predicted octanol–water partition coefficient (Wildman–Crippen LogP) is 2.25. The van der Waals surface area contributed by atoms with E-state index >= 15 is 0 Å². The van der Waals surface area contributed by atoms with Gasteiger partial charge in [0.25, 0.3) is 5.91 Å². The minimum atomic E-state index is -0.554. The minimum Gasteiger partial charge on any atom is -0.493 e. The third kappa shape index (κ3) is 5.35. The lowest BCUT2D eigenvalue weighted by Crippen LogP contribution is -2.19. The van der Waals surface area contributed by atoms with Gasteiger partial charge in [-0.15, -0.1) is 0 Å². The topological polar surface area (TPSA) is 112 Å². The highest BCUT2D eigenvalue weighted by Gasteiger charge is 2.14. The average molecular weight is 392 g/mol. The van der Waals surface area contributed by atoms with Crippen LogP contribution in [0.2, 0.25) is 5.02 Å². The quantitative estimate of drug-likeness (QED) is 0.324. The summed E-state index contributed by atoms with van der Waals surface area (Å²) in [4.78, 5) is 23.3. The van der Waals surface area contributed by atoms with E-state index in [1.165, 1.54) is 20.4 Å². The first-order chi connectivity index (χ1) is 13.0. The van der Waals surface area contributed by atoms with E-state index in [0.717, 1.165) is 0 Å². The van der Waals surface area contributed by atoms with Crippen LogP contribution in [0.25, 0.3) is 0 Å². The molecule has 2 aromatic rings. The zero-order valence-corrected chi connectivity index (χ0v) is 15.4. The van der Waals surface area contributed by atoms with E-state index in [4.69, 9.17) is 26.8 Å². The van der Waals surface area contributed by atoms with Crippen LogP contribution in [-0.2, 0) is 9.53 Å². The monoisotopic (exact) mass is 391 g/mol. The molecular weight excluding hydrogens is 374 g/mol. The van der Waals surface area contributed by atoms with Crippen molar-refractivity contribution in [2.45, 2.75) is 0 Å². The van der Waals surface area contributed by atoms with Gasteiger partial charge in [0.2, 0.25) is 0 Å². The summed E-state index contributed by atoms with van der Waals surface area (Å²) < 4.78 is 15.1. The molecule has 0 aliphatic heterocycles. The van der Waals surface area contributed by atoms with Crippen LogP contribution < -0.4 is 20.6 Å². The number of methoxy groups -OCH3 is 2. The number of nitrogens with zero attached hydrogens (tertiary/aromatic N) is 1. The van der Waals surface area contributed by atoms with E-state index in [2.05, 4.69) is 15.3 Å². The largest absolute Gasteiger partial charge is 0.493 e. The molecule has 142 valence electrons. The molecule has 8 nitrogen and oxygen atoms in total. The number of hydrogen-bond donors (Lipinski definition) is 2. The van der Waals surface area contributed by atoms with Crippen LogP contribution in [0.3, 0.4) is 0 Å². The molecule has 0 aliphatic carbocycles. The van der Waals surface area contributed by atoms with Crippen molar-refractivity contribution < 1.29 is 23.8 Å². The number of ether oxygens (including phenoxy) is 3. The highest BCUT2D eigenvalue weighted by atomic mass is 35.5. The Morgan fingerprint density at radius 3 is 2.67 bits per heavy atom. The number of para-hydroxylation sites is 1. The molecule has 2 aromatic carbocycles. The zero-order chi connectivity index (χ0) is 19.8. The summed E-state index contributed by atoms with van der Waals surface area (Å²) in [6.07, 6.45) is 1.38. The number of rotatable bonds is 7. The predicted molar refractivity (Wildman–Crippen MR) is 101 cm³/mol. The Morgan fingerprint density at radius 2 is 2.00 bits per heavy atom. The Bertz CT molecular complexity index is 870. The van der Waals surface area contributed by atoms with Crippen LogP contribution >= 0.6 is 11.6 Å². The molecule has 3 N–H and O–H groups in total. The number of carbonyl (C=O) groups excluding carboxylic acids is 2. The van der Waals surface area contributed by atoms with Crippen molar-refractivity contribution in [3.8, 4) is 11.5 Å². The smallest absolute Gasteiger partial charge is 0.343 e. The Morgan fingerprint density at radius 1 is 1.26 bits per heavy atom. The van der Waals surface area contributed by atoms with Gasteiger partial charge in [0.15, 0.2) is 18.1 Å². The van der Waals surface area contributed by atoms with Gasteiger partial charge in [-0.2, -0.15) is 5.10 Å². The molecule has 2 rings (SSSR count). The van der Waals surface area contributed by atoms with Crippen molar-refractivity contribution in [1.82, 2.24) is 5.43 Å². The second-order valence-electron chi connectivity index (χ2n) is 5.19. The first-order valence-corrected chi connectivity index (χ1v) is 8.09. The van der Waals surface area contributed by atoms with Gasteiger partial charge in [0.1, 0.15) is 0 Å². The molecular formula is C18H18ClN3O5. The molecule has 1 amide bonds. The van der Waals surface area contributed by atoms with Gasteiger partial charge in [-0.05, 0) is 29.8 Å². The molecule has 0 fully saturated rings. The molecule has 0 aromatic heterocycles. The highest BCUT2D eigenvalue weighted by Crippen LogP contribution is 2.36. The lowest BCUT2D eigenvalue weighted by atomic mass is 10.2. The van der Waals surface area contributed by atoms with Crippen molar-refractivity contribution in [3.05, 3.63) is 52.5 Å². The van der Waals surface area contributed by atoms with Gasteiger partial charge in [0.05, 0.1) is 31.0 Å². The molecule has 0 unspecified atom stereocenters. The van der Waals surface area contributed by atoms with Crippen molar-refractivity contribution >= 4 is 35.4 Å². The van der Waals surface area contributed by atoms with Gasteiger partial charge in [-0.3, -0.25) is 4.79 Å². The number of halogens is 1. The van der Waals surface area contributed by atoms with E-state index in [-0.39, 0.29) is 17.4 Å². The third-order valence-corrected chi connectivity index (χ3v) is 3.68. The van der Waals surface area contributed by atoms with Crippen molar-refractivity contribution in [1.29, 1.82) is 0 Å². The van der Waals surface area contributed by atoms with Gasteiger partial charge in [0, 0.05) is 5.69 Å². The summed E-state index contributed by atoms with van der Waals surface area (Å²) >= 11 is 6.18. The lowest BCUT2D eigenvalue weighted by molar-refractivity contribution is -0.142. The number of hydrazone groups is 1. The van der Waals surface area contributed by atoms with Crippen molar-refractivity contribution in [3.63, 3.8) is 0 Å². The van der Waals surface area contributed by atoms with Gasteiger partial charge < -0.3 is 19.9 Å². The summed E-state index contributed by atoms with van der Waals surface area (Å²) in [7, 11) is 2.68. The molecule has 0 heterocycles. The number of amides is 1. The van der Waals surface area contributed by atoms with E-state index in [9.17, 15) is 9.59 Å². The third-order valence-electron chi connectivity index (χ3n) is 3.40. The van der Waals surface area contributed by atoms with Crippen LogP contribution in [0, 0.1) is 0 Å². The second kappa shape index (κ2) is 9.44. The van der Waals surface area contributed by atoms with E-state index in [1.54, 1.807) is 36.4 Å². The lowest BCUT2D eigenvalue weighted by Gasteiger charge is -2.12. The van der Waals surface area contributed by atoms with Crippen LogP contribution in [-0.4, -0.2) is 38.9 Å². The molecule has 0 aliphatic rings. The summed E-state index contributed by atoms with van der Waals surface area (Å²) in [5, 5.41) is 4.09. The van der Waals surface area contributed by atoms with Gasteiger partial charge in [-0.1, -0.05) is 23.7 Å². The SMILES string of the molecule is COC(=O)COc1c(Cl)cc(/C=N\NC(=O)c2ccccc2N)cc1OC. The first-order valence-electron chi connectivity index (χ1n) is 7.71. The van der Waals surface area contributed by atoms with Crippen molar-refractivity contribution in [2.24, 2.45) is 5.10 Å². The Balaban J connectivity index is 2.11. The fourth-order valence-corrected chi connectivity index (χ4v) is 2.35. The number of nitrogens with two attached hydrogens (primary N) is 1. The average Bonchev–Trinajstić information content (AvgIpc) is 2.66. The van der Waals surface area contributed by atoms with E-state index in [1.807, 2.05) is 0 Å². The second-order valence-corrected chi connectivity index (χ2v) is 5.59. The van der Waals surface area contributed by atoms with E-state index < -0.39 is 11.9 Å². The van der Waals surface area contributed by atoms with Crippen LogP contribution in [0.4, 0.5) is 5.69 Å². The number of hydrogen-bond acceptors (Lipinski definition) is 7. The molecule has 0 atom stereocenters. The highest BCUT2D eigenvalue weighted by molar-refractivity contribution is 6.32. The van der Waals surface area contributed by atoms with Crippen LogP contribution in [0.15, 0.2) is 41.5 Å². The maximum Gasteiger partial charge on any atom is 0.343 e. The Kier molecular flexibility index (Phi) is 7.01. The molecule has 9 heteroatoms. The fourth-order valence-electron chi connectivity index (χ4n) is 2.07. The van der Waals surface area contributed by atoms with E-state index in [0.29, 0.717) is 22.6 Å². The normalized spacial score (nSPS) is 10.5. The summed E-state index contributed by atoms with van der Waals surface area (Å²) in [6, 6.07) is 9.78. The molecule has 0 saturated heterocycles. The summed E-state index contributed by atoms with van der Waals surface area (Å²) in [6.45, 7) is -0.311. The number of nitrogens with one attached hydrogen (secondary N) is 1.